The van der Waals surface area contributed by atoms with E-state index in [0.29, 0.717) is 11.4 Å². The lowest BCUT2D eigenvalue weighted by molar-refractivity contribution is 0.463. The van der Waals surface area contributed by atoms with Crippen LogP contribution in [-0.2, 0) is 17.8 Å². The van der Waals surface area contributed by atoms with Crippen LogP contribution in [0.15, 0.2) is 35.3 Å². The average Bonchev–Trinajstić information content (AvgIpc) is 2.40. The summed E-state index contributed by atoms with van der Waals surface area (Å²) in [5, 5.41) is 9.11. The van der Waals surface area contributed by atoms with E-state index in [9.17, 15) is 9.00 Å². The Morgan fingerprint density at radius 2 is 2.21 bits per heavy atom. The summed E-state index contributed by atoms with van der Waals surface area (Å²) >= 11 is -2.08. The van der Waals surface area contributed by atoms with Gasteiger partial charge in [-0.1, -0.05) is 18.2 Å². The van der Waals surface area contributed by atoms with Crippen LogP contribution in [0.2, 0.25) is 0 Å². The minimum atomic E-state index is -2.08. The van der Waals surface area contributed by atoms with Gasteiger partial charge in [0, 0.05) is 12.1 Å². The second kappa shape index (κ2) is 5.74. The van der Waals surface area contributed by atoms with Crippen molar-refractivity contribution in [2.24, 2.45) is 0 Å². The summed E-state index contributed by atoms with van der Waals surface area (Å²) in [5.41, 5.74) is 0.778. The van der Waals surface area contributed by atoms with Crippen molar-refractivity contribution >= 4 is 11.3 Å². The van der Waals surface area contributed by atoms with Gasteiger partial charge in [-0.2, -0.15) is 0 Å². The Morgan fingerprint density at radius 1 is 1.42 bits per heavy atom. The topological polar surface area (TPSA) is 115 Å². The van der Waals surface area contributed by atoms with E-state index in [1.807, 2.05) is 0 Å². The number of aromatic nitrogens is 2. The van der Waals surface area contributed by atoms with E-state index in [4.69, 9.17) is 9.66 Å². The Bertz CT molecular complexity index is 671. The van der Waals surface area contributed by atoms with Crippen LogP contribution < -0.4 is 10.3 Å². The zero-order valence-electron chi connectivity index (χ0n) is 9.66. The summed E-state index contributed by atoms with van der Waals surface area (Å²) in [6, 6.07) is 6.95. The normalized spacial score (nSPS) is 12.3. The largest absolute Gasteiger partial charge is 0.502 e. The van der Waals surface area contributed by atoms with Crippen LogP contribution in [0.4, 0.5) is 0 Å². The van der Waals surface area contributed by atoms with Gasteiger partial charge in [0.15, 0.2) is 5.75 Å². The van der Waals surface area contributed by atoms with Crippen LogP contribution in [0.25, 0.3) is 11.4 Å². The lowest BCUT2D eigenvalue weighted by atomic mass is 10.1. The molecule has 2 rings (SSSR count). The van der Waals surface area contributed by atoms with Crippen molar-refractivity contribution < 1.29 is 13.9 Å². The zero-order valence-corrected chi connectivity index (χ0v) is 10.5. The number of aromatic amines is 1. The molecule has 1 aromatic heterocycles. The highest BCUT2D eigenvalue weighted by Crippen LogP contribution is 2.15. The van der Waals surface area contributed by atoms with Crippen molar-refractivity contribution in [3.63, 3.8) is 0 Å². The SMILES string of the molecule is O=c1[nH]c(-c2cccc(CNS(=O)O)c2)ncc1O. The first-order valence-corrected chi connectivity index (χ1v) is 6.39. The molecular weight excluding hydrogens is 270 g/mol. The Labute approximate surface area is 110 Å². The molecule has 2 aromatic rings. The molecule has 0 aliphatic heterocycles. The molecular formula is C11H11N3O4S. The van der Waals surface area contributed by atoms with Gasteiger partial charge in [0.1, 0.15) is 5.82 Å². The Balaban J connectivity index is 2.29. The Hall–Kier alpha value is -2.03. The highest BCUT2D eigenvalue weighted by atomic mass is 32.2. The lowest BCUT2D eigenvalue weighted by Crippen LogP contribution is -2.15. The molecule has 1 heterocycles. The Kier molecular flexibility index (Phi) is 4.05. The molecule has 4 N–H and O–H groups in total. The third-order valence-corrected chi connectivity index (χ3v) is 2.77. The van der Waals surface area contributed by atoms with Gasteiger partial charge in [-0.15, -0.1) is 0 Å². The summed E-state index contributed by atoms with van der Waals surface area (Å²) < 4.78 is 21.5. The average molecular weight is 281 g/mol. The van der Waals surface area contributed by atoms with Crippen LogP contribution in [-0.4, -0.2) is 23.8 Å². The molecule has 1 aromatic carbocycles. The number of nitrogens with one attached hydrogen (secondary N) is 2. The molecule has 0 radical (unpaired) electrons. The molecule has 100 valence electrons. The molecule has 0 aliphatic rings. The quantitative estimate of drug-likeness (QED) is 0.604. The van der Waals surface area contributed by atoms with Crippen LogP contribution in [0, 0.1) is 0 Å². The van der Waals surface area contributed by atoms with E-state index in [-0.39, 0.29) is 6.54 Å². The number of rotatable bonds is 4. The minimum absolute atomic E-state index is 0.208. The first kappa shape index (κ1) is 13.4. The molecule has 7 nitrogen and oxygen atoms in total. The number of hydrogen-bond acceptors (Lipinski definition) is 4. The van der Waals surface area contributed by atoms with Gasteiger partial charge < -0.3 is 10.1 Å². The molecule has 0 saturated carbocycles. The lowest BCUT2D eigenvalue weighted by Gasteiger charge is -2.04. The highest BCUT2D eigenvalue weighted by molar-refractivity contribution is 7.77. The molecule has 0 saturated heterocycles. The predicted octanol–water partition coefficient (Wildman–Crippen LogP) is 0.369. The van der Waals surface area contributed by atoms with Gasteiger partial charge in [-0.05, 0) is 11.6 Å². The fourth-order valence-electron chi connectivity index (χ4n) is 1.51. The maximum Gasteiger partial charge on any atom is 0.293 e. The summed E-state index contributed by atoms with van der Waals surface area (Å²) in [6.45, 7) is 0.208. The van der Waals surface area contributed by atoms with Crippen molar-refractivity contribution in [2.75, 3.05) is 0 Å². The van der Waals surface area contributed by atoms with E-state index in [0.717, 1.165) is 11.8 Å². The number of nitrogens with zero attached hydrogens (tertiary/aromatic N) is 1. The molecule has 0 spiro atoms. The summed E-state index contributed by atoms with van der Waals surface area (Å²) in [5.74, 6) is -0.132. The molecule has 0 bridgehead atoms. The zero-order chi connectivity index (χ0) is 13.8. The smallest absolute Gasteiger partial charge is 0.293 e. The summed E-state index contributed by atoms with van der Waals surface area (Å²) in [6.07, 6.45) is 1.07. The number of hydrogen-bond donors (Lipinski definition) is 4. The van der Waals surface area contributed by atoms with Crippen LogP contribution in [0.1, 0.15) is 5.56 Å². The molecule has 19 heavy (non-hydrogen) atoms. The molecule has 0 amide bonds. The molecule has 8 heteroatoms. The van der Waals surface area contributed by atoms with Crippen LogP contribution in [0.5, 0.6) is 5.75 Å². The maximum absolute atomic E-state index is 11.3. The van der Waals surface area contributed by atoms with Crippen molar-refractivity contribution in [2.45, 2.75) is 6.54 Å². The van der Waals surface area contributed by atoms with Crippen molar-refractivity contribution in [3.05, 3.63) is 46.4 Å². The van der Waals surface area contributed by atoms with Gasteiger partial charge >= 0.3 is 0 Å². The number of aromatic hydroxyl groups is 1. The summed E-state index contributed by atoms with van der Waals surface area (Å²) in [7, 11) is 0. The third-order valence-electron chi connectivity index (χ3n) is 2.38. The minimum Gasteiger partial charge on any atom is -0.502 e. The van der Waals surface area contributed by atoms with E-state index in [2.05, 4.69) is 14.7 Å². The monoisotopic (exact) mass is 281 g/mol. The molecule has 0 fully saturated rings. The van der Waals surface area contributed by atoms with Crippen LogP contribution >= 0.6 is 0 Å². The Morgan fingerprint density at radius 3 is 2.89 bits per heavy atom. The summed E-state index contributed by atoms with van der Waals surface area (Å²) in [4.78, 5) is 17.6. The first-order valence-electron chi connectivity index (χ1n) is 5.28. The molecule has 1 atom stereocenters. The van der Waals surface area contributed by atoms with Crippen molar-refractivity contribution in [1.82, 2.24) is 14.7 Å². The van der Waals surface area contributed by atoms with E-state index < -0.39 is 22.6 Å². The fourth-order valence-corrected chi connectivity index (χ4v) is 1.80. The third kappa shape index (κ3) is 3.47. The van der Waals surface area contributed by atoms with Crippen LogP contribution in [0.3, 0.4) is 0 Å². The maximum atomic E-state index is 11.3. The van der Waals surface area contributed by atoms with Crippen molar-refractivity contribution in [3.8, 4) is 17.1 Å². The van der Waals surface area contributed by atoms with E-state index >= 15 is 0 Å². The van der Waals surface area contributed by atoms with Gasteiger partial charge in [0.2, 0.25) is 11.3 Å². The second-order valence-corrected chi connectivity index (χ2v) is 4.50. The van der Waals surface area contributed by atoms with Gasteiger partial charge in [0.05, 0.1) is 6.20 Å². The van der Waals surface area contributed by atoms with Gasteiger partial charge in [-0.25, -0.2) is 13.9 Å². The van der Waals surface area contributed by atoms with Gasteiger partial charge in [-0.3, -0.25) is 9.35 Å². The second-order valence-electron chi connectivity index (χ2n) is 3.72. The van der Waals surface area contributed by atoms with Gasteiger partial charge in [0.25, 0.3) is 5.56 Å². The highest BCUT2D eigenvalue weighted by Gasteiger charge is 2.04. The first-order chi connectivity index (χ1) is 9.06. The fraction of sp³-hybridized carbons (Fsp3) is 0.0909. The predicted molar refractivity (Wildman–Crippen MR) is 69.6 cm³/mol. The number of benzene rings is 1. The standard InChI is InChI=1S/C11H11N3O4S/c15-9-6-12-10(14-11(9)16)8-3-1-2-7(4-8)5-13-19(17)18/h1-4,6,13,15H,5H2,(H,17,18)(H,12,14,16). The molecule has 0 aliphatic carbocycles. The van der Waals surface area contributed by atoms with Crippen molar-refractivity contribution in [1.29, 1.82) is 0 Å². The van der Waals surface area contributed by atoms with E-state index in [1.165, 1.54) is 0 Å². The molecule has 1 unspecified atom stereocenters. The number of H-pyrrole nitrogens is 1. The van der Waals surface area contributed by atoms with E-state index in [1.54, 1.807) is 24.3 Å².